The second kappa shape index (κ2) is 10.9. The van der Waals surface area contributed by atoms with Crippen molar-refractivity contribution < 1.29 is 19.4 Å². The molecule has 1 saturated heterocycles. The van der Waals surface area contributed by atoms with Crippen LogP contribution in [-0.4, -0.2) is 59.4 Å². The molecular formula is C26H31ClN2O4. The van der Waals surface area contributed by atoms with Crippen molar-refractivity contribution in [3.63, 3.8) is 0 Å². The van der Waals surface area contributed by atoms with E-state index in [1.165, 1.54) is 0 Å². The van der Waals surface area contributed by atoms with Crippen molar-refractivity contribution in [1.82, 2.24) is 9.80 Å². The third kappa shape index (κ3) is 5.23. The van der Waals surface area contributed by atoms with Gasteiger partial charge in [-0.05, 0) is 68.4 Å². The Hall–Kier alpha value is -2.83. The average molecular weight is 471 g/mol. The number of carbonyl (C=O) groups excluding carboxylic acids is 2. The van der Waals surface area contributed by atoms with E-state index in [0.29, 0.717) is 36.0 Å². The molecule has 3 rings (SSSR count). The number of hydrogen-bond acceptors (Lipinski definition) is 5. The summed E-state index contributed by atoms with van der Waals surface area (Å²) >= 11 is 6.08. The van der Waals surface area contributed by atoms with Crippen molar-refractivity contribution in [1.29, 1.82) is 0 Å². The fourth-order valence-corrected chi connectivity index (χ4v) is 4.29. The van der Waals surface area contributed by atoms with Crippen molar-refractivity contribution in [2.24, 2.45) is 0 Å². The molecule has 0 saturated carbocycles. The van der Waals surface area contributed by atoms with Crippen LogP contribution in [0, 0.1) is 6.92 Å². The van der Waals surface area contributed by atoms with E-state index in [1.54, 1.807) is 47.4 Å². The Morgan fingerprint density at radius 1 is 1.09 bits per heavy atom. The SMILES string of the molecule is CCOc1ccc(C(O)=C2C(=O)C(=O)N(CCN(CC)CC)[C@H]2c2ccc(Cl)cc2)cc1C. The number of benzene rings is 2. The molecule has 0 aromatic heterocycles. The van der Waals surface area contributed by atoms with Gasteiger partial charge in [0.05, 0.1) is 18.2 Å². The number of carbonyl (C=O) groups is 2. The number of Topliss-reactive ketones (excluding diaryl/α,β-unsaturated/α-hetero) is 1. The molecule has 2 aromatic carbocycles. The number of hydrogen-bond donors (Lipinski definition) is 1. The second-order valence-corrected chi connectivity index (χ2v) is 8.42. The van der Waals surface area contributed by atoms with Crippen molar-refractivity contribution in [3.8, 4) is 5.75 Å². The maximum atomic E-state index is 13.1. The van der Waals surface area contributed by atoms with Gasteiger partial charge >= 0.3 is 0 Å². The van der Waals surface area contributed by atoms with Crippen molar-refractivity contribution in [3.05, 3.63) is 69.8 Å². The number of rotatable bonds is 9. The van der Waals surface area contributed by atoms with Crippen LogP contribution in [0.15, 0.2) is 48.0 Å². The van der Waals surface area contributed by atoms with Gasteiger partial charge in [-0.2, -0.15) is 0 Å². The van der Waals surface area contributed by atoms with E-state index in [9.17, 15) is 14.7 Å². The summed E-state index contributed by atoms with van der Waals surface area (Å²) in [5.74, 6) is -0.766. The molecule has 0 unspecified atom stereocenters. The molecule has 2 aromatic rings. The second-order valence-electron chi connectivity index (χ2n) is 7.98. The molecule has 6 nitrogen and oxygen atoms in total. The zero-order valence-corrected chi connectivity index (χ0v) is 20.4. The predicted octanol–water partition coefficient (Wildman–Crippen LogP) is 4.81. The van der Waals surface area contributed by atoms with Gasteiger partial charge < -0.3 is 19.6 Å². The molecule has 1 fully saturated rings. The summed E-state index contributed by atoms with van der Waals surface area (Å²) in [6.07, 6.45) is 0. The van der Waals surface area contributed by atoms with Crippen LogP contribution in [0.5, 0.6) is 5.75 Å². The third-order valence-electron chi connectivity index (χ3n) is 6.03. The number of aliphatic hydroxyl groups is 1. The van der Waals surface area contributed by atoms with E-state index in [4.69, 9.17) is 16.3 Å². The highest BCUT2D eigenvalue weighted by molar-refractivity contribution is 6.46. The van der Waals surface area contributed by atoms with Gasteiger partial charge in [-0.1, -0.05) is 37.6 Å². The van der Waals surface area contributed by atoms with Crippen molar-refractivity contribution >= 4 is 29.1 Å². The lowest BCUT2D eigenvalue weighted by Crippen LogP contribution is -2.38. The minimum Gasteiger partial charge on any atom is -0.507 e. The summed E-state index contributed by atoms with van der Waals surface area (Å²) in [4.78, 5) is 30.0. The first-order valence-corrected chi connectivity index (χ1v) is 11.7. The molecule has 0 bridgehead atoms. The lowest BCUT2D eigenvalue weighted by Gasteiger charge is -2.28. The largest absolute Gasteiger partial charge is 0.507 e. The van der Waals surface area contributed by atoms with Crippen LogP contribution in [0.2, 0.25) is 5.02 Å². The highest BCUT2D eigenvalue weighted by atomic mass is 35.5. The molecule has 33 heavy (non-hydrogen) atoms. The Balaban J connectivity index is 2.09. The van der Waals surface area contributed by atoms with Crippen LogP contribution < -0.4 is 4.74 Å². The lowest BCUT2D eigenvalue weighted by molar-refractivity contribution is -0.140. The molecule has 1 atom stereocenters. The maximum Gasteiger partial charge on any atom is 0.295 e. The molecule has 1 aliphatic rings. The van der Waals surface area contributed by atoms with Crippen molar-refractivity contribution in [2.45, 2.75) is 33.7 Å². The zero-order valence-electron chi connectivity index (χ0n) is 19.6. The lowest BCUT2D eigenvalue weighted by atomic mass is 9.95. The fraction of sp³-hybridized carbons (Fsp3) is 0.385. The standard InChI is InChI=1S/C26H31ClN2O4/c1-5-28(6-2)14-15-29-23(18-8-11-20(27)12-9-18)22(25(31)26(29)32)24(30)19-10-13-21(33-7-3)17(4)16-19/h8-13,16,23,30H,5-7,14-15H2,1-4H3/t23-/m0/s1. The zero-order chi connectivity index (χ0) is 24.1. The summed E-state index contributed by atoms with van der Waals surface area (Å²) in [5, 5.41) is 11.8. The minimum atomic E-state index is -0.690. The van der Waals surface area contributed by atoms with Crippen LogP contribution in [-0.2, 0) is 9.59 Å². The van der Waals surface area contributed by atoms with E-state index in [0.717, 1.165) is 24.2 Å². The van der Waals surface area contributed by atoms with Gasteiger partial charge in [0.1, 0.15) is 11.5 Å². The van der Waals surface area contributed by atoms with Gasteiger partial charge in [0.15, 0.2) is 0 Å². The third-order valence-corrected chi connectivity index (χ3v) is 6.28. The van der Waals surface area contributed by atoms with Gasteiger partial charge in [0, 0.05) is 23.7 Å². The number of likely N-dealkylation sites (tertiary alicyclic amines) is 1. The van der Waals surface area contributed by atoms with Crippen LogP contribution in [0.4, 0.5) is 0 Å². The fourth-order valence-electron chi connectivity index (χ4n) is 4.16. The molecule has 176 valence electrons. The Bertz CT molecular complexity index is 1040. The van der Waals surface area contributed by atoms with Gasteiger partial charge in [0.25, 0.3) is 11.7 Å². The number of aryl methyl sites for hydroxylation is 1. The summed E-state index contributed by atoms with van der Waals surface area (Å²) in [6.45, 7) is 11.1. The maximum absolute atomic E-state index is 13.1. The molecule has 1 N–H and O–H groups in total. The molecule has 7 heteroatoms. The van der Waals surface area contributed by atoms with Gasteiger partial charge in [-0.25, -0.2) is 0 Å². The molecule has 0 radical (unpaired) electrons. The number of ether oxygens (including phenoxy) is 1. The monoisotopic (exact) mass is 470 g/mol. The Morgan fingerprint density at radius 2 is 1.76 bits per heavy atom. The Morgan fingerprint density at radius 3 is 2.33 bits per heavy atom. The quantitative estimate of drug-likeness (QED) is 0.323. The average Bonchev–Trinajstić information content (AvgIpc) is 3.06. The highest BCUT2D eigenvalue weighted by Crippen LogP contribution is 2.40. The van der Waals surface area contributed by atoms with Crippen LogP contribution in [0.25, 0.3) is 5.76 Å². The summed E-state index contributed by atoms with van der Waals surface area (Å²) < 4.78 is 5.59. The molecule has 1 heterocycles. The number of ketones is 1. The Kier molecular flexibility index (Phi) is 8.16. The number of nitrogens with zero attached hydrogens (tertiary/aromatic N) is 2. The summed E-state index contributed by atoms with van der Waals surface area (Å²) in [6, 6.07) is 11.6. The van der Waals surface area contributed by atoms with E-state index in [-0.39, 0.29) is 11.3 Å². The first-order valence-electron chi connectivity index (χ1n) is 11.3. The summed E-state index contributed by atoms with van der Waals surface area (Å²) in [7, 11) is 0. The highest BCUT2D eigenvalue weighted by Gasteiger charge is 2.46. The number of halogens is 1. The van der Waals surface area contributed by atoms with Gasteiger partial charge in [-0.15, -0.1) is 0 Å². The van der Waals surface area contributed by atoms with Crippen molar-refractivity contribution in [2.75, 3.05) is 32.8 Å². The Labute approximate surface area is 200 Å². The first kappa shape index (κ1) is 24.8. The normalized spacial score (nSPS) is 17.8. The van der Waals surface area contributed by atoms with Crippen LogP contribution in [0.1, 0.15) is 43.5 Å². The smallest absolute Gasteiger partial charge is 0.295 e. The van der Waals surface area contributed by atoms with Gasteiger partial charge in [-0.3, -0.25) is 9.59 Å². The first-order chi connectivity index (χ1) is 15.8. The topological polar surface area (TPSA) is 70.1 Å². The number of amides is 1. The minimum absolute atomic E-state index is 0.0884. The van der Waals surface area contributed by atoms with E-state index >= 15 is 0 Å². The summed E-state index contributed by atoms with van der Waals surface area (Å²) in [5.41, 5.74) is 2.11. The van der Waals surface area contributed by atoms with E-state index in [2.05, 4.69) is 18.7 Å². The van der Waals surface area contributed by atoms with E-state index < -0.39 is 17.7 Å². The van der Waals surface area contributed by atoms with Crippen LogP contribution in [0.3, 0.4) is 0 Å². The van der Waals surface area contributed by atoms with E-state index in [1.807, 2.05) is 13.8 Å². The predicted molar refractivity (Wildman–Crippen MR) is 131 cm³/mol. The molecule has 1 aliphatic heterocycles. The van der Waals surface area contributed by atoms with Gasteiger partial charge in [0.2, 0.25) is 0 Å². The number of aliphatic hydroxyl groups excluding tert-OH is 1. The molecular weight excluding hydrogens is 440 g/mol. The molecule has 0 spiro atoms. The van der Waals surface area contributed by atoms with Crippen LogP contribution >= 0.6 is 11.6 Å². The molecule has 1 amide bonds. The molecule has 0 aliphatic carbocycles. The number of likely N-dealkylation sites (N-methyl/N-ethyl adjacent to an activating group) is 1.